The molecule has 112 valence electrons. The fraction of sp³-hybridized carbons (Fsp3) is 0.444. The Labute approximate surface area is 116 Å². The minimum Gasteiger partial charge on any atom is -0.381 e. The number of alkyl halides is 3. The standard InChI is InChI=1S/C9H11F3N4O2S2/c10-9(11,12)2-1-3-14-20(17,18)7-6(13)15-8-16(7)4-5-19-8/h4-5,14H,1-3,13H2. The first-order valence-electron chi connectivity index (χ1n) is 5.48. The molecular weight excluding hydrogens is 317 g/mol. The zero-order chi connectivity index (χ0) is 15.0. The molecule has 0 saturated heterocycles. The average molecular weight is 328 g/mol. The maximum absolute atomic E-state index is 12.0. The molecule has 0 aromatic carbocycles. The number of halogens is 3. The molecular formula is C9H11F3N4O2S2. The first-order chi connectivity index (χ1) is 9.21. The van der Waals surface area contributed by atoms with Crippen LogP contribution in [0.5, 0.6) is 0 Å². The number of fused-ring (bicyclic) bond motifs is 1. The van der Waals surface area contributed by atoms with Crippen molar-refractivity contribution in [2.75, 3.05) is 12.3 Å². The molecule has 0 aliphatic carbocycles. The molecule has 2 aromatic rings. The van der Waals surface area contributed by atoms with E-state index in [2.05, 4.69) is 9.71 Å². The van der Waals surface area contributed by atoms with Crippen LogP contribution in [0.4, 0.5) is 19.0 Å². The smallest absolute Gasteiger partial charge is 0.381 e. The summed E-state index contributed by atoms with van der Waals surface area (Å²) in [5, 5.41) is 1.38. The summed E-state index contributed by atoms with van der Waals surface area (Å²) < 4.78 is 63.3. The van der Waals surface area contributed by atoms with Gasteiger partial charge in [-0.1, -0.05) is 0 Å². The summed E-state index contributed by atoms with van der Waals surface area (Å²) in [6.45, 7) is -0.321. The van der Waals surface area contributed by atoms with E-state index in [1.165, 1.54) is 21.9 Å². The molecule has 3 N–H and O–H groups in total. The van der Waals surface area contributed by atoms with Crippen molar-refractivity contribution in [3.63, 3.8) is 0 Å². The predicted octanol–water partition coefficient (Wildman–Crippen LogP) is 1.60. The molecule has 2 rings (SSSR count). The number of nitrogens with one attached hydrogen (secondary N) is 1. The highest BCUT2D eigenvalue weighted by Gasteiger charge is 2.28. The lowest BCUT2D eigenvalue weighted by Gasteiger charge is -2.08. The summed E-state index contributed by atoms with van der Waals surface area (Å²) in [5.74, 6) is -0.180. The van der Waals surface area contributed by atoms with Crippen molar-refractivity contribution in [1.82, 2.24) is 14.1 Å². The molecule has 0 aliphatic heterocycles. The van der Waals surface area contributed by atoms with Crippen LogP contribution < -0.4 is 10.5 Å². The number of hydrogen-bond donors (Lipinski definition) is 2. The van der Waals surface area contributed by atoms with Crippen molar-refractivity contribution < 1.29 is 21.6 Å². The van der Waals surface area contributed by atoms with Crippen LogP contribution in [0.25, 0.3) is 4.96 Å². The van der Waals surface area contributed by atoms with Crippen molar-refractivity contribution in [2.45, 2.75) is 24.0 Å². The van der Waals surface area contributed by atoms with E-state index in [4.69, 9.17) is 5.73 Å². The topological polar surface area (TPSA) is 89.5 Å². The molecule has 2 heterocycles. The van der Waals surface area contributed by atoms with Crippen molar-refractivity contribution in [3.05, 3.63) is 11.6 Å². The second kappa shape index (κ2) is 5.22. The maximum Gasteiger partial charge on any atom is 0.389 e. The van der Waals surface area contributed by atoms with Gasteiger partial charge in [-0.05, 0) is 6.42 Å². The first kappa shape index (κ1) is 15.1. The minimum absolute atomic E-state index is 0.180. The predicted molar refractivity (Wildman–Crippen MR) is 68.0 cm³/mol. The van der Waals surface area contributed by atoms with E-state index in [0.717, 1.165) is 0 Å². The number of aromatic nitrogens is 2. The highest BCUT2D eigenvalue weighted by molar-refractivity contribution is 7.89. The lowest BCUT2D eigenvalue weighted by Crippen LogP contribution is -2.27. The lowest BCUT2D eigenvalue weighted by molar-refractivity contribution is -0.135. The minimum atomic E-state index is -4.30. The summed E-state index contributed by atoms with van der Waals surface area (Å²) in [7, 11) is -4.00. The van der Waals surface area contributed by atoms with Gasteiger partial charge in [-0.2, -0.15) is 13.2 Å². The summed E-state index contributed by atoms with van der Waals surface area (Å²) in [6, 6.07) is 0. The van der Waals surface area contributed by atoms with Crippen molar-refractivity contribution in [1.29, 1.82) is 0 Å². The Bertz CT molecular complexity index is 704. The Morgan fingerprint density at radius 1 is 1.45 bits per heavy atom. The van der Waals surface area contributed by atoms with E-state index < -0.39 is 22.6 Å². The molecule has 0 atom stereocenters. The SMILES string of the molecule is Nc1nc2sccn2c1S(=O)(=O)NCCCC(F)(F)F. The molecule has 11 heteroatoms. The number of rotatable bonds is 5. The Kier molecular flexibility index (Phi) is 3.93. The van der Waals surface area contributed by atoms with Crippen LogP contribution in [0.2, 0.25) is 0 Å². The average Bonchev–Trinajstić information content (AvgIpc) is 2.82. The van der Waals surface area contributed by atoms with Gasteiger partial charge in [-0.25, -0.2) is 18.1 Å². The fourth-order valence-corrected chi connectivity index (χ4v) is 3.67. The highest BCUT2D eigenvalue weighted by atomic mass is 32.2. The molecule has 2 aromatic heterocycles. The van der Waals surface area contributed by atoms with Crippen LogP contribution in [0.3, 0.4) is 0 Å². The molecule has 20 heavy (non-hydrogen) atoms. The first-order valence-corrected chi connectivity index (χ1v) is 7.84. The molecule has 0 saturated carbocycles. The highest BCUT2D eigenvalue weighted by Crippen LogP contribution is 2.24. The second-order valence-corrected chi connectivity index (χ2v) is 6.53. The van der Waals surface area contributed by atoms with Crippen LogP contribution in [-0.4, -0.2) is 30.5 Å². The van der Waals surface area contributed by atoms with Gasteiger partial charge in [-0.15, -0.1) is 11.3 Å². The molecule has 0 spiro atoms. The number of sulfonamides is 1. The Balaban J connectivity index is 2.11. The number of anilines is 1. The van der Waals surface area contributed by atoms with Crippen LogP contribution in [0, 0.1) is 0 Å². The van der Waals surface area contributed by atoms with Crippen molar-refractivity contribution in [2.24, 2.45) is 0 Å². The van der Waals surface area contributed by atoms with Gasteiger partial charge in [-0.3, -0.25) is 4.40 Å². The van der Waals surface area contributed by atoms with Gasteiger partial charge in [0.05, 0.1) is 0 Å². The van der Waals surface area contributed by atoms with E-state index in [-0.39, 0.29) is 23.8 Å². The summed E-state index contributed by atoms with van der Waals surface area (Å²) in [4.78, 5) is 4.27. The zero-order valence-electron chi connectivity index (χ0n) is 10.0. The third kappa shape index (κ3) is 3.22. The van der Waals surface area contributed by atoms with E-state index >= 15 is 0 Å². The Hall–Kier alpha value is -1.33. The summed E-state index contributed by atoms with van der Waals surface area (Å²) >= 11 is 1.20. The van der Waals surface area contributed by atoms with E-state index in [9.17, 15) is 21.6 Å². The fourth-order valence-electron chi connectivity index (χ4n) is 1.61. The molecule has 0 unspecified atom stereocenters. The number of nitrogen functional groups attached to an aromatic ring is 1. The quantitative estimate of drug-likeness (QED) is 0.816. The van der Waals surface area contributed by atoms with E-state index in [0.29, 0.717) is 4.96 Å². The maximum atomic E-state index is 12.0. The van der Waals surface area contributed by atoms with Gasteiger partial charge < -0.3 is 5.73 Å². The molecule has 6 nitrogen and oxygen atoms in total. The third-order valence-corrected chi connectivity index (χ3v) is 4.68. The zero-order valence-corrected chi connectivity index (χ0v) is 11.6. The summed E-state index contributed by atoms with van der Waals surface area (Å²) in [6.07, 6.45) is -4.21. The van der Waals surface area contributed by atoms with Crippen LogP contribution >= 0.6 is 11.3 Å². The monoisotopic (exact) mass is 328 g/mol. The molecule has 0 aliphatic rings. The second-order valence-electron chi connectivity index (χ2n) is 3.97. The van der Waals surface area contributed by atoms with Gasteiger partial charge in [0.15, 0.2) is 15.8 Å². The Morgan fingerprint density at radius 3 is 2.80 bits per heavy atom. The molecule has 0 amide bonds. The van der Waals surface area contributed by atoms with Gasteiger partial charge in [0.1, 0.15) is 0 Å². The van der Waals surface area contributed by atoms with Crippen LogP contribution in [-0.2, 0) is 10.0 Å². The molecule has 0 fully saturated rings. The number of imidazole rings is 1. The van der Waals surface area contributed by atoms with Gasteiger partial charge in [0.25, 0.3) is 10.0 Å². The number of hydrogen-bond acceptors (Lipinski definition) is 5. The van der Waals surface area contributed by atoms with Crippen molar-refractivity contribution in [3.8, 4) is 0 Å². The summed E-state index contributed by atoms with van der Waals surface area (Å²) in [5.41, 5.74) is 5.53. The van der Waals surface area contributed by atoms with Crippen LogP contribution in [0.15, 0.2) is 16.6 Å². The van der Waals surface area contributed by atoms with Crippen LogP contribution in [0.1, 0.15) is 12.8 Å². The van der Waals surface area contributed by atoms with Gasteiger partial charge >= 0.3 is 6.18 Å². The number of nitrogens with zero attached hydrogens (tertiary/aromatic N) is 2. The largest absolute Gasteiger partial charge is 0.389 e. The lowest BCUT2D eigenvalue weighted by atomic mass is 10.3. The normalized spacial score (nSPS) is 13.2. The Morgan fingerprint density at radius 2 is 2.15 bits per heavy atom. The molecule has 0 radical (unpaired) electrons. The van der Waals surface area contributed by atoms with E-state index in [1.807, 2.05) is 0 Å². The van der Waals surface area contributed by atoms with Crippen molar-refractivity contribution >= 4 is 32.1 Å². The van der Waals surface area contributed by atoms with Gasteiger partial charge in [0, 0.05) is 24.5 Å². The molecule has 0 bridgehead atoms. The third-order valence-electron chi connectivity index (χ3n) is 2.43. The van der Waals surface area contributed by atoms with Gasteiger partial charge in [0.2, 0.25) is 0 Å². The van der Waals surface area contributed by atoms with E-state index in [1.54, 1.807) is 5.38 Å². The number of nitrogens with two attached hydrogens (primary N) is 1. The number of thiazole rings is 1.